The second kappa shape index (κ2) is 7.40. The first kappa shape index (κ1) is 17.0. The van der Waals surface area contributed by atoms with E-state index in [9.17, 15) is 10.1 Å². The standard InChI is InChI=1S/C17H19N5O3S/c23-22(24)16-15(19-17-21(16)7-10-26-17)18-11-13-3-1-2-4-14(13)12-20-5-8-25-9-6-20/h1-4,7,10,18H,5-6,8-9,11-12H2. The molecule has 0 amide bonds. The average molecular weight is 373 g/mol. The molecule has 0 unspecified atom stereocenters. The maximum Gasteiger partial charge on any atom is 0.372 e. The van der Waals surface area contributed by atoms with Crippen LogP contribution >= 0.6 is 11.3 Å². The van der Waals surface area contributed by atoms with Gasteiger partial charge in [-0.25, -0.2) is 0 Å². The van der Waals surface area contributed by atoms with Gasteiger partial charge in [0.2, 0.25) is 5.82 Å². The zero-order valence-corrected chi connectivity index (χ0v) is 14.9. The number of nitrogens with zero attached hydrogens (tertiary/aromatic N) is 4. The molecule has 0 saturated carbocycles. The first-order valence-corrected chi connectivity index (χ1v) is 9.31. The molecular weight excluding hydrogens is 354 g/mol. The number of thiazole rings is 1. The minimum atomic E-state index is -0.394. The lowest BCUT2D eigenvalue weighted by atomic mass is 10.1. The van der Waals surface area contributed by atoms with Gasteiger partial charge in [0.25, 0.3) is 4.96 Å². The Labute approximate surface area is 154 Å². The van der Waals surface area contributed by atoms with Crippen LogP contribution in [0.4, 0.5) is 11.6 Å². The Morgan fingerprint density at radius 2 is 2.04 bits per heavy atom. The number of nitro groups is 1. The number of benzene rings is 1. The van der Waals surface area contributed by atoms with E-state index in [1.165, 1.54) is 21.3 Å². The number of ether oxygens (including phenoxy) is 1. The van der Waals surface area contributed by atoms with Crippen molar-refractivity contribution in [2.75, 3.05) is 31.6 Å². The molecule has 0 spiro atoms. The van der Waals surface area contributed by atoms with Gasteiger partial charge in [0.05, 0.1) is 13.2 Å². The Bertz CT molecular complexity index is 916. The van der Waals surface area contributed by atoms with Crippen LogP contribution in [0.3, 0.4) is 0 Å². The van der Waals surface area contributed by atoms with Crippen molar-refractivity contribution < 1.29 is 9.66 Å². The van der Waals surface area contributed by atoms with Crippen LogP contribution in [0.1, 0.15) is 11.1 Å². The molecule has 1 N–H and O–H groups in total. The van der Waals surface area contributed by atoms with Gasteiger partial charge >= 0.3 is 5.82 Å². The molecular formula is C17H19N5O3S. The Kier molecular flexibility index (Phi) is 4.83. The summed E-state index contributed by atoms with van der Waals surface area (Å²) in [5.74, 6) is 0.287. The molecule has 3 aromatic rings. The van der Waals surface area contributed by atoms with E-state index < -0.39 is 4.92 Å². The molecule has 0 bridgehead atoms. The van der Waals surface area contributed by atoms with Crippen molar-refractivity contribution in [1.82, 2.24) is 14.3 Å². The number of hydrogen-bond donors (Lipinski definition) is 1. The monoisotopic (exact) mass is 373 g/mol. The molecule has 136 valence electrons. The van der Waals surface area contributed by atoms with Crippen LogP contribution in [-0.4, -0.2) is 45.5 Å². The highest BCUT2D eigenvalue weighted by molar-refractivity contribution is 7.15. The van der Waals surface area contributed by atoms with E-state index in [0.717, 1.165) is 38.4 Å². The van der Waals surface area contributed by atoms with Gasteiger partial charge in [0, 0.05) is 31.6 Å². The second-order valence-electron chi connectivity index (χ2n) is 6.11. The Balaban J connectivity index is 1.52. The number of anilines is 1. The maximum absolute atomic E-state index is 11.4. The normalized spacial score (nSPS) is 15.4. The number of fused-ring (bicyclic) bond motifs is 1. The summed E-state index contributed by atoms with van der Waals surface area (Å²) in [6.07, 6.45) is 1.67. The molecule has 9 heteroatoms. The SMILES string of the molecule is O=[N+]([O-])c1c(NCc2ccccc2CN2CCOCC2)nc2sccn12. The van der Waals surface area contributed by atoms with Crippen molar-refractivity contribution >= 4 is 27.9 Å². The van der Waals surface area contributed by atoms with Crippen molar-refractivity contribution in [3.05, 3.63) is 57.1 Å². The molecule has 1 saturated heterocycles. The van der Waals surface area contributed by atoms with Gasteiger partial charge in [0.1, 0.15) is 6.20 Å². The lowest BCUT2D eigenvalue weighted by Crippen LogP contribution is -2.35. The zero-order valence-electron chi connectivity index (χ0n) is 14.1. The number of imidazole rings is 1. The van der Waals surface area contributed by atoms with Gasteiger partial charge < -0.3 is 20.2 Å². The lowest BCUT2D eigenvalue weighted by Gasteiger charge is -2.27. The summed E-state index contributed by atoms with van der Waals surface area (Å²) in [6, 6.07) is 8.16. The average Bonchev–Trinajstić information content (AvgIpc) is 3.22. The van der Waals surface area contributed by atoms with Crippen molar-refractivity contribution in [3.63, 3.8) is 0 Å². The van der Waals surface area contributed by atoms with E-state index in [0.29, 0.717) is 17.3 Å². The topological polar surface area (TPSA) is 84.9 Å². The van der Waals surface area contributed by atoms with Crippen LogP contribution in [-0.2, 0) is 17.8 Å². The van der Waals surface area contributed by atoms with Crippen LogP contribution in [0.15, 0.2) is 35.8 Å². The van der Waals surface area contributed by atoms with E-state index in [-0.39, 0.29) is 5.82 Å². The third-order valence-corrected chi connectivity index (χ3v) is 5.23. The third-order valence-electron chi connectivity index (χ3n) is 4.47. The second-order valence-corrected chi connectivity index (χ2v) is 6.98. The number of nitrogens with one attached hydrogen (secondary N) is 1. The smallest absolute Gasteiger partial charge is 0.372 e. The molecule has 2 aromatic heterocycles. The lowest BCUT2D eigenvalue weighted by molar-refractivity contribution is -0.389. The molecule has 0 radical (unpaired) electrons. The highest BCUT2D eigenvalue weighted by atomic mass is 32.1. The van der Waals surface area contributed by atoms with Crippen LogP contribution in [0, 0.1) is 10.1 Å². The molecule has 1 aromatic carbocycles. The fourth-order valence-electron chi connectivity index (χ4n) is 3.13. The summed E-state index contributed by atoms with van der Waals surface area (Å²) in [4.78, 5) is 18.4. The molecule has 0 aliphatic carbocycles. The van der Waals surface area contributed by atoms with Gasteiger partial charge in [-0.2, -0.15) is 9.38 Å². The fourth-order valence-corrected chi connectivity index (χ4v) is 3.84. The van der Waals surface area contributed by atoms with Crippen molar-refractivity contribution in [3.8, 4) is 0 Å². The van der Waals surface area contributed by atoms with Crippen molar-refractivity contribution in [2.45, 2.75) is 13.1 Å². The van der Waals surface area contributed by atoms with E-state index >= 15 is 0 Å². The van der Waals surface area contributed by atoms with Gasteiger partial charge in [-0.05, 0) is 16.1 Å². The van der Waals surface area contributed by atoms with Gasteiger partial charge in [0.15, 0.2) is 0 Å². The fraction of sp³-hybridized carbons (Fsp3) is 0.353. The first-order valence-electron chi connectivity index (χ1n) is 8.43. The predicted molar refractivity (Wildman–Crippen MR) is 99.6 cm³/mol. The van der Waals surface area contributed by atoms with Crippen LogP contribution < -0.4 is 5.32 Å². The zero-order chi connectivity index (χ0) is 17.9. The van der Waals surface area contributed by atoms with Crippen LogP contribution in [0.2, 0.25) is 0 Å². The molecule has 4 rings (SSSR count). The van der Waals surface area contributed by atoms with E-state index in [4.69, 9.17) is 4.74 Å². The highest BCUT2D eigenvalue weighted by Gasteiger charge is 2.23. The molecule has 3 heterocycles. The largest absolute Gasteiger partial charge is 0.379 e. The predicted octanol–water partition coefficient (Wildman–Crippen LogP) is 2.75. The van der Waals surface area contributed by atoms with Gasteiger partial charge in [-0.15, -0.1) is 0 Å². The molecule has 8 nitrogen and oxygen atoms in total. The third kappa shape index (κ3) is 3.41. The van der Waals surface area contributed by atoms with E-state index in [2.05, 4.69) is 21.3 Å². The van der Waals surface area contributed by atoms with Gasteiger partial charge in [-0.1, -0.05) is 35.6 Å². The van der Waals surface area contributed by atoms with Crippen LogP contribution in [0.5, 0.6) is 0 Å². The number of hydrogen-bond acceptors (Lipinski definition) is 7. The van der Waals surface area contributed by atoms with E-state index in [1.807, 2.05) is 18.2 Å². The molecule has 26 heavy (non-hydrogen) atoms. The quantitative estimate of drug-likeness (QED) is 0.528. The Morgan fingerprint density at radius 3 is 2.81 bits per heavy atom. The molecule has 0 atom stereocenters. The minimum absolute atomic E-state index is 0.0214. The number of morpholine rings is 1. The summed E-state index contributed by atoms with van der Waals surface area (Å²) < 4.78 is 6.91. The van der Waals surface area contributed by atoms with Gasteiger partial charge in [-0.3, -0.25) is 4.90 Å². The number of aromatic nitrogens is 2. The summed E-state index contributed by atoms with van der Waals surface area (Å²) in [7, 11) is 0. The first-order chi connectivity index (χ1) is 12.7. The Hall–Kier alpha value is -2.49. The highest BCUT2D eigenvalue weighted by Crippen LogP contribution is 2.28. The minimum Gasteiger partial charge on any atom is -0.379 e. The summed E-state index contributed by atoms with van der Waals surface area (Å²) in [6.45, 7) is 4.71. The molecule has 1 fully saturated rings. The maximum atomic E-state index is 11.4. The van der Waals surface area contributed by atoms with Crippen molar-refractivity contribution in [2.24, 2.45) is 0 Å². The van der Waals surface area contributed by atoms with Crippen LogP contribution in [0.25, 0.3) is 4.96 Å². The van der Waals surface area contributed by atoms with Crippen molar-refractivity contribution in [1.29, 1.82) is 0 Å². The summed E-state index contributed by atoms with van der Waals surface area (Å²) in [5.41, 5.74) is 2.33. The summed E-state index contributed by atoms with van der Waals surface area (Å²) in [5, 5.41) is 16.4. The molecule has 1 aliphatic heterocycles. The number of rotatable bonds is 6. The summed E-state index contributed by atoms with van der Waals surface area (Å²) >= 11 is 1.38. The van der Waals surface area contributed by atoms with E-state index in [1.54, 1.807) is 11.6 Å². The Morgan fingerprint density at radius 1 is 1.27 bits per heavy atom. The molecule has 1 aliphatic rings.